The minimum atomic E-state index is 1.08. The van der Waals surface area contributed by atoms with Crippen molar-refractivity contribution >= 4 is 67.8 Å². The fraction of sp³-hybridized carbons (Fsp3) is 0. The summed E-state index contributed by atoms with van der Waals surface area (Å²) in [6.07, 6.45) is 3.80. The van der Waals surface area contributed by atoms with E-state index in [-0.39, 0.29) is 0 Å². The Morgan fingerprint density at radius 3 is 1.32 bits per heavy atom. The Hall–Kier alpha value is -6.64. The van der Waals surface area contributed by atoms with Crippen LogP contribution in [0.3, 0.4) is 0 Å². The Morgan fingerprint density at radius 2 is 0.780 bits per heavy atom. The van der Waals surface area contributed by atoms with Crippen LogP contribution < -0.4 is 9.80 Å². The van der Waals surface area contributed by atoms with E-state index in [0.29, 0.717) is 0 Å². The van der Waals surface area contributed by atoms with Gasteiger partial charge in [-0.05, 0) is 93.7 Å². The predicted octanol–water partition coefficient (Wildman–Crippen LogP) is 13.9. The Balaban J connectivity index is 1.23. The molecule has 50 heavy (non-hydrogen) atoms. The highest BCUT2D eigenvalue weighted by Gasteiger charge is 2.18. The molecule has 0 aliphatic rings. The average Bonchev–Trinajstić information content (AvgIpc) is 3.19. The van der Waals surface area contributed by atoms with Crippen LogP contribution in [0.25, 0.3) is 44.8 Å². The van der Waals surface area contributed by atoms with E-state index in [9.17, 15) is 0 Å². The Morgan fingerprint density at radius 1 is 0.340 bits per heavy atom. The maximum atomic E-state index is 4.04. The molecule has 0 N–H and O–H groups in total. The molecule has 8 aromatic rings. The third-order valence-corrected chi connectivity index (χ3v) is 9.31. The first kappa shape index (κ1) is 30.7. The number of hydrogen-bond acceptors (Lipinski definition) is 2. The monoisotopic (exact) mass is 640 g/mol. The van der Waals surface area contributed by atoms with Gasteiger partial charge in [-0.3, -0.25) is 0 Å². The fourth-order valence-electron chi connectivity index (χ4n) is 6.87. The lowest BCUT2D eigenvalue weighted by molar-refractivity contribution is 1.29. The van der Waals surface area contributed by atoms with E-state index in [1.165, 1.54) is 21.5 Å². The van der Waals surface area contributed by atoms with Crippen LogP contribution in [0.15, 0.2) is 195 Å². The second-order valence-electron chi connectivity index (χ2n) is 12.4. The Bertz CT molecular complexity index is 2480. The van der Waals surface area contributed by atoms with Crippen molar-refractivity contribution in [2.75, 3.05) is 9.80 Å². The number of hydrogen-bond donors (Lipinski definition) is 0. The van der Waals surface area contributed by atoms with E-state index in [2.05, 4.69) is 205 Å². The van der Waals surface area contributed by atoms with Crippen molar-refractivity contribution in [2.45, 2.75) is 0 Å². The number of rotatable bonds is 9. The molecule has 2 heteroatoms. The summed E-state index contributed by atoms with van der Waals surface area (Å²) in [4.78, 5) is 4.69. The smallest absolute Gasteiger partial charge is 0.0540 e. The van der Waals surface area contributed by atoms with Crippen molar-refractivity contribution < 1.29 is 0 Å². The Labute approximate surface area is 294 Å². The summed E-state index contributed by atoms with van der Waals surface area (Å²) in [7, 11) is 0. The van der Waals surface area contributed by atoms with Gasteiger partial charge < -0.3 is 9.80 Å². The molecule has 0 aliphatic carbocycles. The third-order valence-electron chi connectivity index (χ3n) is 9.31. The maximum Gasteiger partial charge on any atom is 0.0540 e. The average molecular weight is 641 g/mol. The van der Waals surface area contributed by atoms with Crippen LogP contribution in [0.5, 0.6) is 0 Å². The molecule has 0 saturated carbocycles. The molecule has 8 rings (SSSR count). The molecule has 0 aromatic heterocycles. The largest absolute Gasteiger partial charge is 0.310 e. The van der Waals surface area contributed by atoms with E-state index < -0.39 is 0 Å². The lowest BCUT2D eigenvalue weighted by Gasteiger charge is -2.28. The summed E-state index contributed by atoms with van der Waals surface area (Å²) < 4.78 is 0. The van der Waals surface area contributed by atoms with E-state index >= 15 is 0 Å². The number of fused-ring (bicyclic) bond motifs is 2. The van der Waals surface area contributed by atoms with Gasteiger partial charge in [-0.15, -0.1) is 0 Å². The van der Waals surface area contributed by atoms with Crippen molar-refractivity contribution in [3.63, 3.8) is 0 Å². The van der Waals surface area contributed by atoms with Crippen molar-refractivity contribution in [1.82, 2.24) is 0 Å². The first-order valence-corrected chi connectivity index (χ1v) is 16.9. The number of anilines is 6. The minimum absolute atomic E-state index is 1.08. The molecule has 0 heterocycles. The molecule has 0 bridgehead atoms. The highest BCUT2D eigenvalue weighted by molar-refractivity contribution is 6.00. The van der Waals surface area contributed by atoms with E-state index in [1.54, 1.807) is 0 Å². The summed E-state index contributed by atoms with van der Waals surface area (Å²) >= 11 is 0. The highest BCUT2D eigenvalue weighted by Crippen LogP contribution is 2.42. The highest BCUT2D eigenvalue weighted by atomic mass is 15.1. The topological polar surface area (TPSA) is 6.48 Å². The maximum absolute atomic E-state index is 4.04. The van der Waals surface area contributed by atoms with Gasteiger partial charge in [-0.25, -0.2) is 0 Å². The van der Waals surface area contributed by atoms with Gasteiger partial charge in [0, 0.05) is 33.5 Å². The molecular weight excluding hydrogens is 605 g/mol. The molecule has 0 radical (unpaired) electrons. The molecule has 0 amide bonds. The zero-order chi connectivity index (χ0) is 33.9. The zero-order valence-corrected chi connectivity index (χ0v) is 27.8. The third kappa shape index (κ3) is 5.85. The van der Waals surface area contributed by atoms with Crippen molar-refractivity contribution in [1.29, 1.82) is 0 Å². The molecule has 0 aliphatic heterocycles. The van der Waals surface area contributed by atoms with Gasteiger partial charge in [0.1, 0.15) is 0 Å². The lowest BCUT2D eigenvalue weighted by atomic mass is 10.0. The van der Waals surface area contributed by atoms with Gasteiger partial charge in [0.25, 0.3) is 0 Å². The van der Waals surface area contributed by atoms with Gasteiger partial charge in [0.05, 0.1) is 11.4 Å². The van der Waals surface area contributed by atoms with Crippen molar-refractivity contribution in [3.05, 3.63) is 206 Å². The lowest BCUT2D eigenvalue weighted by Crippen LogP contribution is -2.11. The molecule has 0 atom stereocenters. The molecule has 0 fully saturated rings. The standard InChI is InChI=1S/C48H36N2/c1-3-35-14-9-21-42(32-35)49(47-26-12-18-38-16-5-7-24-45(38)47)41-30-28-37(29-31-41)40-20-11-23-44(34-40)50(43-22-10-15-36(4-2)33-43)48-27-13-19-39-17-6-8-25-46(39)48/h3-34H,1-2H2. The number of benzene rings is 8. The summed E-state index contributed by atoms with van der Waals surface area (Å²) in [5.41, 5.74) is 11.0. The second kappa shape index (κ2) is 13.5. The summed E-state index contributed by atoms with van der Waals surface area (Å²) in [5, 5.41) is 4.81. The molecule has 0 saturated heterocycles. The first-order chi connectivity index (χ1) is 24.7. The van der Waals surface area contributed by atoms with E-state index in [1.807, 2.05) is 12.2 Å². The fourth-order valence-corrected chi connectivity index (χ4v) is 6.87. The normalized spacial score (nSPS) is 11.0. The van der Waals surface area contributed by atoms with Gasteiger partial charge in [0.15, 0.2) is 0 Å². The van der Waals surface area contributed by atoms with Gasteiger partial charge >= 0.3 is 0 Å². The second-order valence-corrected chi connectivity index (χ2v) is 12.4. The Kier molecular flexibility index (Phi) is 8.26. The van der Waals surface area contributed by atoms with Crippen LogP contribution >= 0.6 is 0 Å². The summed E-state index contributed by atoms with van der Waals surface area (Å²) in [6, 6.07) is 64.9. The molecule has 2 nitrogen and oxygen atoms in total. The first-order valence-electron chi connectivity index (χ1n) is 16.9. The molecular formula is C48H36N2. The summed E-state index contributed by atoms with van der Waals surface area (Å²) in [6.45, 7) is 8.06. The van der Waals surface area contributed by atoms with Crippen LogP contribution in [-0.4, -0.2) is 0 Å². The molecule has 0 spiro atoms. The van der Waals surface area contributed by atoms with Crippen LogP contribution in [0.4, 0.5) is 34.1 Å². The van der Waals surface area contributed by atoms with E-state index in [0.717, 1.165) is 56.4 Å². The van der Waals surface area contributed by atoms with E-state index in [4.69, 9.17) is 0 Å². The van der Waals surface area contributed by atoms with Crippen LogP contribution in [0.2, 0.25) is 0 Å². The van der Waals surface area contributed by atoms with Gasteiger partial charge in [-0.1, -0.05) is 147 Å². The van der Waals surface area contributed by atoms with Crippen molar-refractivity contribution in [2.24, 2.45) is 0 Å². The zero-order valence-electron chi connectivity index (χ0n) is 27.8. The molecule has 0 unspecified atom stereocenters. The van der Waals surface area contributed by atoms with Crippen LogP contribution in [-0.2, 0) is 0 Å². The minimum Gasteiger partial charge on any atom is -0.310 e. The van der Waals surface area contributed by atoms with Crippen LogP contribution in [0, 0.1) is 0 Å². The predicted molar refractivity (Wildman–Crippen MR) is 216 cm³/mol. The van der Waals surface area contributed by atoms with Crippen molar-refractivity contribution in [3.8, 4) is 11.1 Å². The van der Waals surface area contributed by atoms with Gasteiger partial charge in [0.2, 0.25) is 0 Å². The SMILES string of the molecule is C=Cc1cccc(N(c2ccc(-c3cccc(N(c4cccc(C=C)c4)c4cccc5ccccc45)c3)cc2)c2cccc3ccccc23)c1. The van der Waals surface area contributed by atoms with Crippen LogP contribution in [0.1, 0.15) is 11.1 Å². The molecule has 8 aromatic carbocycles. The summed E-state index contributed by atoms with van der Waals surface area (Å²) in [5.74, 6) is 0. The quantitative estimate of drug-likeness (QED) is 0.155. The van der Waals surface area contributed by atoms with Gasteiger partial charge in [-0.2, -0.15) is 0 Å². The number of nitrogens with zero attached hydrogens (tertiary/aromatic N) is 2. The molecule has 238 valence electrons.